The lowest BCUT2D eigenvalue weighted by molar-refractivity contribution is -0.238. The van der Waals surface area contributed by atoms with Crippen LogP contribution in [0, 0.1) is 5.92 Å². The van der Waals surface area contributed by atoms with Crippen molar-refractivity contribution in [1.82, 2.24) is 0 Å². The summed E-state index contributed by atoms with van der Waals surface area (Å²) in [7, 11) is 0. The lowest BCUT2D eigenvalue weighted by atomic mass is 9.83. The van der Waals surface area contributed by atoms with E-state index in [0.29, 0.717) is 25.0 Å². The fourth-order valence-corrected chi connectivity index (χ4v) is 5.25. The number of rotatable bonds is 7. The third-order valence-electron chi connectivity index (χ3n) is 5.96. The van der Waals surface area contributed by atoms with Crippen LogP contribution in [0.15, 0.2) is 22.9 Å². The number of aliphatic hydroxyl groups is 1. The van der Waals surface area contributed by atoms with Crippen molar-refractivity contribution in [2.24, 2.45) is 5.92 Å². The van der Waals surface area contributed by atoms with E-state index in [1.54, 1.807) is 0 Å². The third kappa shape index (κ3) is 5.01. The van der Waals surface area contributed by atoms with Crippen LogP contribution in [0.4, 0.5) is 0 Å². The Kier molecular flexibility index (Phi) is 7.65. The Morgan fingerprint density at radius 1 is 1.36 bits per heavy atom. The van der Waals surface area contributed by atoms with Crippen molar-refractivity contribution in [3.63, 3.8) is 0 Å². The monoisotopic (exact) mass is 476 g/mol. The Bertz CT molecular complexity index is 624. The van der Waals surface area contributed by atoms with Crippen molar-refractivity contribution < 1.29 is 24.1 Å². The summed E-state index contributed by atoms with van der Waals surface area (Å²) in [6.07, 6.45) is 4.27. The van der Waals surface area contributed by atoms with Gasteiger partial charge >= 0.3 is 0 Å². The molecule has 3 rings (SSSR count). The van der Waals surface area contributed by atoms with Crippen molar-refractivity contribution in [2.45, 2.75) is 94.4 Å². The molecule has 7 heteroatoms. The molecule has 0 saturated carbocycles. The highest BCUT2D eigenvalue weighted by Crippen LogP contribution is 2.43. The normalized spacial score (nSPS) is 39.8. The van der Waals surface area contributed by atoms with E-state index in [-0.39, 0.29) is 41.5 Å². The van der Waals surface area contributed by atoms with E-state index in [0.717, 1.165) is 23.7 Å². The minimum absolute atomic E-state index is 0.0262. The number of carbonyl (C=O) groups is 1. The number of ketones is 1. The third-order valence-corrected chi connectivity index (χ3v) is 6.66. The van der Waals surface area contributed by atoms with Crippen LogP contribution in [0.25, 0.3) is 0 Å². The van der Waals surface area contributed by atoms with Gasteiger partial charge in [0.25, 0.3) is 0 Å². The number of carbonyl (C=O) groups excluding carboxylic acids is 1. The number of hydrogen-bond donors (Lipinski definition) is 1. The molecule has 0 radical (unpaired) electrons. The Hall–Kier alpha value is -0.400. The number of allylic oxidation sites excluding steroid dienone is 2. The van der Waals surface area contributed by atoms with Gasteiger partial charge in [0.15, 0.2) is 5.78 Å². The fraction of sp³-hybridized carbons (Fsp3) is 0.762. The number of aliphatic hydroxyl groups excluding tert-OH is 1. The molecule has 3 fully saturated rings. The van der Waals surface area contributed by atoms with Crippen LogP contribution in [0.1, 0.15) is 52.4 Å². The Morgan fingerprint density at radius 3 is 2.79 bits per heavy atom. The van der Waals surface area contributed by atoms with Crippen LogP contribution in [-0.2, 0) is 19.0 Å². The van der Waals surface area contributed by atoms with Crippen LogP contribution in [0.3, 0.4) is 0 Å². The average Bonchev–Trinajstić information content (AvgIpc) is 2.96. The topological polar surface area (TPSA) is 65.0 Å². The standard InChI is InChI=1S/C21H30BrClO5/c1-4-15-7-8-16-19(26-15)12(3)20-21(27-16)18(25)17(28-20)10-14(24)6-5-13(23)9-11(2)22/h10,12-13,15-16,18-21,25H,2,4-9H2,1,3H3/b17-10-/t12-,13+,15-,16-,18-,19+,20-,21?/m0/s1. The molecule has 0 spiro atoms. The SMILES string of the molecule is C=C(Br)C[C@H](Cl)CCC(=O)/C=C1\O[C@@H]2C(O[C@H]3CC[C@H](CC)O[C@@H]3[C@@H]2C)[C@H]1O. The van der Waals surface area contributed by atoms with Crippen molar-refractivity contribution in [1.29, 1.82) is 0 Å². The second-order valence-electron chi connectivity index (χ2n) is 8.10. The minimum atomic E-state index is -0.921. The van der Waals surface area contributed by atoms with Crippen molar-refractivity contribution in [3.8, 4) is 0 Å². The molecule has 0 bridgehead atoms. The first-order chi connectivity index (χ1) is 13.3. The van der Waals surface area contributed by atoms with Crippen LogP contribution >= 0.6 is 27.5 Å². The van der Waals surface area contributed by atoms with Gasteiger partial charge in [0.2, 0.25) is 0 Å². The van der Waals surface area contributed by atoms with Gasteiger partial charge in [-0.1, -0.05) is 36.4 Å². The average molecular weight is 478 g/mol. The summed E-state index contributed by atoms with van der Waals surface area (Å²) >= 11 is 9.48. The summed E-state index contributed by atoms with van der Waals surface area (Å²) in [6.45, 7) is 7.97. The first-order valence-electron chi connectivity index (χ1n) is 10.2. The largest absolute Gasteiger partial charge is 0.489 e. The van der Waals surface area contributed by atoms with E-state index in [9.17, 15) is 9.90 Å². The van der Waals surface area contributed by atoms with Gasteiger partial charge in [-0.25, -0.2) is 0 Å². The molecule has 0 aromatic rings. The highest BCUT2D eigenvalue weighted by atomic mass is 79.9. The summed E-state index contributed by atoms with van der Waals surface area (Å²) in [5.74, 6) is 0.283. The first-order valence-corrected chi connectivity index (χ1v) is 11.4. The minimum Gasteiger partial charge on any atom is -0.489 e. The molecule has 1 unspecified atom stereocenters. The summed E-state index contributed by atoms with van der Waals surface area (Å²) in [4.78, 5) is 12.3. The van der Waals surface area contributed by atoms with Crippen LogP contribution in [-0.4, -0.2) is 52.9 Å². The van der Waals surface area contributed by atoms with E-state index < -0.39 is 12.2 Å². The fourth-order valence-electron chi connectivity index (χ4n) is 4.37. The maximum absolute atomic E-state index is 12.3. The summed E-state index contributed by atoms with van der Waals surface area (Å²) in [5, 5.41) is 10.5. The van der Waals surface area contributed by atoms with Crippen LogP contribution in [0.5, 0.6) is 0 Å². The van der Waals surface area contributed by atoms with Gasteiger partial charge in [0.05, 0.1) is 18.3 Å². The van der Waals surface area contributed by atoms with E-state index >= 15 is 0 Å². The maximum atomic E-state index is 12.3. The molecule has 0 amide bonds. The summed E-state index contributed by atoms with van der Waals surface area (Å²) in [6, 6.07) is 0. The first kappa shape index (κ1) is 22.3. The zero-order chi connectivity index (χ0) is 20.4. The zero-order valence-corrected chi connectivity index (χ0v) is 18.8. The van der Waals surface area contributed by atoms with Crippen LogP contribution in [0.2, 0.25) is 0 Å². The molecule has 0 aromatic carbocycles. The molecule has 0 aromatic heterocycles. The lowest BCUT2D eigenvalue weighted by Gasteiger charge is -2.46. The molecule has 3 aliphatic heterocycles. The van der Waals surface area contributed by atoms with Gasteiger partial charge in [-0.3, -0.25) is 4.79 Å². The summed E-state index contributed by atoms with van der Waals surface area (Å²) < 4.78 is 19.2. The molecule has 8 atom stereocenters. The molecular weight excluding hydrogens is 448 g/mol. The molecule has 1 N–H and O–H groups in total. The van der Waals surface area contributed by atoms with Gasteiger partial charge in [0, 0.05) is 23.8 Å². The van der Waals surface area contributed by atoms with Crippen molar-refractivity contribution >= 4 is 33.3 Å². The highest BCUT2D eigenvalue weighted by Gasteiger charge is 2.54. The predicted octanol–water partition coefficient (Wildman–Crippen LogP) is 4.25. The second kappa shape index (κ2) is 9.61. The van der Waals surface area contributed by atoms with Gasteiger partial charge < -0.3 is 19.3 Å². The zero-order valence-electron chi connectivity index (χ0n) is 16.5. The van der Waals surface area contributed by atoms with E-state index in [1.807, 2.05) is 0 Å². The Morgan fingerprint density at radius 2 is 2.11 bits per heavy atom. The molecule has 28 heavy (non-hydrogen) atoms. The lowest BCUT2D eigenvalue weighted by Crippen LogP contribution is -2.57. The smallest absolute Gasteiger partial charge is 0.159 e. The molecule has 158 valence electrons. The quantitative estimate of drug-likeness (QED) is 0.439. The van der Waals surface area contributed by atoms with Gasteiger partial charge in [-0.05, 0) is 36.6 Å². The molecular formula is C21H30BrClO5. The van der Waals surface area contributed by atoms with Gasteiger partial charge in [-0.2, -0.15) is 0 Å². The number of hydrogen-bond acceptors (Lipinski definition) is 5. The summed E-state index contributed by atoms with van der Waals surface area (Å²) in [5.41, 5.74) is 0. The molecule has 5 nitrogen and oxygen atoms in total. The van der Waals surface area contributed by atoms with E-state index in [1.165, 1.54) is 6.08 Å². The second-order valence-corrected chi connectivity index (χ2v) is 9.84. The van der Waals surface area contributed by atoms with Gasteiger partial charge in [-0.15, -0.1) is 11.6 Å². The van der Waals surface area contributed by atoms with E-state index in [4.69, 9.17) is 25.8 Å². The Balaban J connectivity index is 1.61. The number of ether oxygens (including phenoxy) is 3. The van der Waals surface area contributed by atoms with E-state index in [2.05, 4.69) is 36.4 Å². The van der Waals surface area contributed by atoms with Crippen molar-refractivity contribution in [3.05, 3.63) is 22.9 Å². The number of alkyl halides is 1. The molecule has 0 aliphatic carbocycles. The number of halogens is 2. The maximum Gasteiger partial charge on any atom is 0.159 e. The van der Waals surface area contributed by atoms with Crippen molar-refractivity contribution in [2.75, 3.05) is 0 Å². The molecule has 3 heterocycles. The molecule has 3 aliphatic rings. The predicted molar refractivity (Wildman–Crippen MR) is 112 cm³/mol. The Labute approximate surface area is 180 Å². The number of fused-ring (bicyclic) bond motifs is 2. The highest BCUT2D eigenvalue weighted by molar-refractivity contribution is 9.11. The van der Waals surface area contributed by atoms with Crippen LogP contribution < -0.4 is 0 Å². The van der Waals surface area contributed by atoms with Gasteiger partial charge in [0.1, 0.15) is 24.1 Å². The molecule has 3 saturated heterocycles.